The van der Waals surface area contributed by atoms with Crippen LogP contribution in [0.15, 0.2) is 36.4 Å². The van der Waals surface area contributed by atoms with E-state index in [0.717, 1.165) is 55.0 Å². The average Bonchev–Trinajstić information content (AvgIpc) is 3.16. The highest BCUT2D eigenvalue weighted by Gasteiger charge is 2.15. The van der Waals surface area contributed by atoms with E-state index in [2.05, 4.69) is 26.5 Å². The standard InChI is InChI=1S/C22H23N5O3/c1-15(28)24-18-4-2-3-16(11-18)22-19-13-21(17(14-23)12-20(19)25-26-22)30-10-7-27-5-8-29-9-6-27/h2-4,11-13H,5-10H2,1H3,(H,24,28)(H,25,26). The topological polar surface area (TPSA) is 103 Å². The van der Waals surface area contributed by atoms with Gasteiger partial charge in [-0.3, -0.25) is 14.8 Å². The number of amides is 1. The van der Waals surface area contributed by atoms with Gasteiger partial charge in [0.25, 0.3) is 0 Å². The summed E-state index contributed by atoms with van der Waals surface area (Å²) in [5.41, 5.74) is 3.52. The molecule has 154 valence electrons. The van der Waals surface area contributed by atoms with E-state index >= 15 is 0 Å². The van der Waals surface area contributed by atoms with Crippen molar-refractivity contribution in [1.29, 1.82) is 5.26 Å². The van der Waals surface area contributed by atoms with Gasteiger partial charge in [0, 0.05) is 43.2 Å². The molecule has 0 atom stereocenters. The molecule has 30 heavy (non-hydrogen) atoms. The number of fused-ring (bicyclic) bond motifs is 1. The number of aromatic nitrogens is 2. The highest BCUT2D eigenvalue weighted by molar-refractivity contribution is 5.96. The Morgan fingerprint density at radius 1 is 1.33 bits per heavy atom. The van der Waals surface area contributed by atoms with Crippen LogP contribution < -0.4 is 10.1 Å². The molecule has 1 saturated heterocycles. The van der Waals surface area contributed by atoms with Crippen LogP contribution >= 0.6 is 0 Å². The SMILES string of the molecule is CC(=O)Nc1cccc(-c2n[nH]c3cc(C#N)c(OCCN4CCOCC4)cc23)c1. The predicted molar refractivity (Wildman–Crippen MR) is 113 cm³/mol. The molecule has 3 aromatic rings. The number of nitrogens with zero attached hydrogens (tertiary/aromatic N) is 3. The zero-order chi connectivity index (χ0) is 20.9. The van der Waals surface area contributed by atoms with E-state index in [-0.39, 0.29) is 5.91 Å². The average molecular weight is 405 g/mol. The fraction of sp³-hybridized carbons (Fsp3) is 0.318. The summed E-state index contributed by atoms with van der Waals surface area (Å²) in [5.74, 6) is 0.410. The van der Waals surface area contributed by atoms with E-state index in [0.29, 0.717) is 23.6 Å². The third kappa shape index (κ3) is 4.43. The van der Waals surface area contributed by atoms with Crippen molar-refractivity contribution in [3.8, 4) is 23.1 Å². The number of carbonyl (C=O) groups excluding carboxylic acids is 1. The quantitative estimate of drug-likeness (QED) is 0.654. The highest BCUT2D eigenvalue weighted by atomic mass is 16.5. The molecule has 0 saturated carbocycles. The fourth-order valence-electron chi connectivity index (χ4n) is 3.53. The Morgan fingerprint density at radius 3 is 2.93 bits per heavy atom. The van der Waals surface area contributed by atoms with Gasteiger partial charge >= 0.3 is 0 Å². The minimum absolute atomic E-state index is 0.131. The van der Waals surface area contributed by atoms with Gasteiger partial charge in [-0.15, -0.1) is 0 Å². The minimum Gasteiger partial charge on any atom is -0.491 e. The molecule has 8 heteroatoms. The van der Waals surface area contributed by atoms with Gasteiger partial charge < -0.3 is 14.8 Å². The largest absolute Gasteiger partial charge is 0.491 e. The lowest BCUT2D eigenvalue weighted by atomic mass is 10.0. The summed E-state index contributed by atoms with van der Waals surface area (Å²) >= 11 is 0. The number of ether oxygens (including phenoxy) is 2. The molecular weight excluding hydrogens is 382 g/mol. The van der Waals surface area contributed by atoms with Gasteiger partial charge in [0.2, 0.25) is 5.91 Å². The van der Waals surface area contributed by atoms with Crippen molar-refractivity contribution in [3.05, 3.63) is 42.0 Å². The molecule has 0 unspecified atom stereocenters. The van der Waals surface area contributed by atoms with Crippen LogP contribution in [0.25, 0.3) is 22.2 Å². The van der Waals surface area contributed by atoms with Crippen LogP contribution in [0.1, 0.15) is 12.5 Å². The number of rotatable bonds is 6. The van der Waals surface area contributed by atoms with Gasteiger partial charge in [-0.2, -0.15) is 10.4 Å². The first-order valence-corrected chi connectivity index (χ1v) is 9.87. The van der Waals surface area contributed by atoms with Crippen molar-refractivity contribution in [1.82, 2.24) is 15.1 Å². The number of benzene rings is 2. The third-order valence-electron chi connectivity index (χ3n) is 5.01. The van der Waals surface area contributed by atoms with Crippen molar-refractivity contribution < 1.29 is 14.3 Å². The third-order valence-corrected chi connectivity index (χ3v) is 5.01. The maximum absolute atomic E-state index is 11.4. The Bertz CT molecular complexity index is 1100. The summed E-state index contributed by atoms with van der Waals surface area (Å²) in [6.07, 6.45) is 0. The number of morpholine rings is 1. The minimum atomic E-state index is -0.131. The van der Waals surface area contributed by atoms with Gasteiger partial charge in [-0.05, 0) is 24.3 Å². The first kappa shape index (κ1) is 19.9. The Balaban J connectivity index is 1.59. The van der Waals surface area contributed by atoms with E-state index in [9.17, 15) is 10.1 Å². The molecule has 8 nitrogen and oxygen atoms in total. The molecule has 0 radical (unpaired) electrons. The number of aromatic amines is 1. The van der Waals surface area contributed by atoms with Crippen molar-refractivity contribution in [3.63, 3.8) is 0 Å². The van der Waals surface area contributed by atoms with Crippen molar-refractivity contribution in [2.75, 3.05) is 44.8 Å². The summed E-state index contributed by atoms with van der Waals surface area (Å²) in [6, 6.07) is 13.3. The lowest BCUT2D eigenvalue weighted by Gasteiger charge is -2.26. The fourth-order valence-corrected chi connectivity index (χ4v) is 3.53. The normalized spacial score (nSPS) is 14.4. The Kier molecular flexibility index (Phi) is 5.93. The Hall–Kier alpha value is -3.41. The summed E-state index contributed by atoms with van der Waals surface area (Å²) in [4.78, 5) is 13.6. The zero-order valence-electron chi connectivity index (χ0n) is 16.8. The molecule has 1 fully saturated rings. The number of anilines is 1. The summed E-state index contributed by atoms with van der Waals surface area (Å²) in [6.45, 7) is 6.01. The molecule has 0 bridgehead atoms. The lowest BCUT2D eigenvalue weighted by molar-refractivity contribution is -0.114. The number of carbonyl (C=O) groups is 1. The number of nitriles is 1. The summed E-state index contributed by atoms with van der Waals surface area (Å²) in [5, 5.41) is 20.6. The van der Waals surface area contributed by atoms with Crippen LogP contribution in [0.3, 0.4) is 0 Å². The number of H-pyrrole nitrogens is 1. The van der Waals surface area contributed by atoms with E-state index in [1.807, 2.05) is 30.3 Å². The number of hydrogen-bond acceptors (Lipinski definition) is 6. The van der Waals surface area contributed by atoms with Crippen molar-refractivity contribution in [2.24, 2.45) is 0 Å². The molecule has 1 aromatic heterocycles. The van der Waals surface area contributed by atoms with E-state index in [4.69, 9.17) is 9.47 Å². The summed E-state index contributed by atoms with van der Waals surface area (Å²) in [7, 11) is 0. The highest BCUT2D eigenvalue weighted by Crippen LogP contribution is 2.32. The monoisotopic (exact) mass is 405 g/mol. The van der Waals surface area contributed by atoms with Crippen LogP contribution in [0.4, 0.5) is 5.69 Å². The lowest BCUT2D eigenvalue weighted by Crippen LogP contribution is -2.38. The maximum atomic E-state index is 11.4. The summed E-state index contributed by atoms with van der Waals surface area (Å²) < 4.78 is 11.3. The van der Waals surface area contributed by atoms with E-state index < -0.39 is 0 Å². The molecule has 2 N–H and O–H groups in total. The van der Waals surface area contributed by atoms with Crippen LogP contribution in [0.2, 0.25) is 0 Å². The molecular formula is C22H23N5O3. The maximum Gasteiger partial charge on any atom is 0.221 e. The van der Waals surface area contributed by atoms with Crippen LogP contribution in [0, 0.1) is 11.3 Å². The van der Waals surface area contributed by atoms with E-state index in [1.54, 1.807) is 6.07 Å². The molecule has 1 aliphatic rings. The Morgan fingerprint density at radius 2 is 2.17 bits per heavy atom. The van der Waals surface area contributed by atoms with Crippen LogP contribution in [-0.4, -0.2) is 60.5 Å². The molecule has 2 aromatic carbocycles. The first-order chi connectivity index (χ1) is 14.6. The molecule has 1 aliphatic heterocycles. The van der Waals surface area contributed by atoms with Gasteiger partial charge in [0.1, 0.15) is 24.1 Å². The first-order valence-electron chi connectivity index (χ1n) is 9.87. The van der Waals surface area contributed by atoms with Gasteiger partial charge in [-0.1, -0.05) is 12.1 Å². The Labute approximate surface area is 174 Å². The second kappa shape index (κ2) is 8.95. The molecule has 1 amide bonds. The molecule has 4 rings (SSSR count). The molecule has 0 spiro atoms. The second-order valence-corrected chi connectivity index (χ2v) is 7.14. The van der Waals surface area contributed by atoms with Crippen LogP contribution in [0.5, 0.6) is 5.75 Å². The van der Waals surface area contributed by atoms with Gasteiger partial charge in [0.05, 0.1) is 24.3 Å². The number of hydrogen-bond donors (Lipinski definition) is 2. The zero-order valence-corrected chi connectivity index (χ0v) is 16.8. The van der Waals surface area contributed by atoms with Crippen molar-refractivity contribution >= 4 is 22.5 Å². The smallest absolute Gasteiger partial charge is 0.221 e. The van der Waals surface area contributed by atoms with Gasteiger partial charge in [0.15, 0.2) is 0 Å². The second-order valence-electron chi connectivity index (χ2n) is 7.14. The van der Waals surface area contributed by atoms with Crippen molar-refractivity contribution in [2.45, 2.75) is 6.92 Å². The van der Waals surface area contributed by atoms with E-state index in [1.165, 1.54) is 6.92 Å². The number of nitrogens with one attached hydrogen (secondary N) is 2. The molecule has 2 heterocycles. The van der Waals surface area contributed by atoms with Gasteiger partial charge in [-0.25, -0.2) is 0 Å². The van der Waals surface area contributed by atoms with Crippen LogP contribution in [-0.2, 0) is 9.53 Å². The molecule has 0 aliphatic carbocycles. The predicted octanol–water partition coefficient (Wildman–Crippen LogP) is 2.77.